The topological polar surface area (TPSA) is 0 Å². The molecule has 0 bridgehead atoms. The lowest BCUT2D eigenvalue weighted by Gasteiger charge is -1.61. The lowest BCUT2D eigenvalue weighted by atomic mass is 10.5. The minimum absolute atomic E-state index is 0.574. The van der Waals surface area contributed by atoms with E-state index in [2.05, 4.69) is 0 Å². The minimum atomic E-state index is -0.574. The fraction of sp³-hybridized carbons (Fsp3) is 0.600. The van der Waals surface area contributed by atoms with Gasteiger partial charge in [0.05, 0.1) is 0 Å². The highest BCUT2D eigenvalue weighted by Gasteiger charge is 2.27. The van der Waals surface area contributed by atoms with E-state index in [-0.39, 0.29) is 0 Å². The van der Waals surface area contributed by atoms with Gasteiger partial charge in [-0.1, -0.05) is 6.08 Å². The first kappa shape index (κ1) is 3.85. The van der Waals surface area contributed by atoms with Crippen molar-refractivity contribution >= 4 is 0 Å². The molecule has 0 heterocycles. The predicted octanol–water partition coefficient (Wildman–Crippen LogP) is 1.67. The molecule has 1 heteroatoms. The Hall–Kier alpha value is -0.330. The van der Waals surface area contributed by atoms with Gasteiger partial charge in [-0.3, -0.25) is 0 Å². The molecule has 0 aromatic carbocycles. The molecule has 0 radical (unpaired) electrons. The van der Waals surface area contributed by atoms with Crippen molar-refractivity contribution in [2.45, 2.75) is 19.5 Å². The molecule has 0 saturated heterocycles. The maximum Gasteiger partial charge on any atom is 0.125 e. The van der Waals surface area contributed by atoms with Gasteiger partial charge in [-0.25, -0.2) is 4.39 Å². The molecule has 1 atom stereocenters. The third-order valence-corrected chi connectivity index (χ3v) is 1.03. The summed E-state index contributed by atoms with van der Waals surface area (Å²) < 4.78 is 11.7. The van der Waals surface area contributed by atoms with Crippen LogP contribution in [0.15, 0.2) is 11.6 Å². The maximum absolute atomic E-state index is 11.7. The van der Waals surface area contributed by atoms with E-state index < -0.39 is 6.17 Å². The SMILES string of the molecule is CC=C1CC1F. The molecule has 0 aromatic heterocycles. The Morgan fingerprint density at radius 2 is 2.50 bits per heavy atom. The van der Waals surface area contributed by atoms with Crippen LogP contribution in [0.25, 0.3) is 0 Å². The molecule has 0 N–H and O–H groups in total. The summed E-state index contributed by atoms with van der Waals surface area (Å²) in [5.41, 5.74) is 0.968. The Labute approximate surface area is 36.7 Å². The Morgan fingerprint density at radius 3 is 2.50 bits per heavy atom. The second-order valence-corrected chi connectivity index (χ2v) is 1.54. The van der Waals surface area contributed by atoms with Crippen molar-refractivity contribution in [1.82, 2.24) is 0 Å². The summed E-state index contributed by atoms with van der Waals surface area (Å²) in [6.07, 6.45) is 1.95. The first-order chi connectivity index (χ1) is 2.84. The first-order valence-corrected chi connectivity index (χ1v) is 2.13. The Morgan fingerprint density at radius 1 is 2.00 bits per heavy atom. The van der Waals surface area contributed by atoms with Crippen molar-refractivity contribution in [3.63, 3.8) is 0 Å². The van der Waals surface area contributed by atoms with Crippen molar-refractivity contribution in [1.29, 1.82) is 0 Å². The molecule has 0 aliphatic heterocycles. The van der Waals surface area contributed by atoms with Crippen LogP contribution in [0, 0.1) is 0 Å². The van der Waals surface area contributed by atoms with Gasteiger partial charge in [0.2, 0.25) is 0 Å². The number of halogens is 1. The van der Waals surface area contributed by atoms with Gasteiger partial charge in [0, 0.05) is 6.42 Å². The van der Waals surface area contributed by atoms with Crippen LogP contribution < -0.4 is 0 Å². The summed E-state index contributed by atoms with van der Waals surface area (Å²) in [5.74, 6) is 0. The van der Waals surface area contributed by atoms with Crippen molar-refractivity contribution in [3.8, 4) is 0 Å². The molecule has 0 amide bonds. The summed E-state index contributed by atoms with van der Waals surface area (Å²) in [4.78, 5) is 0. The van der Waals surface area contributed by atoms with E-state index in [0.717, 1.165) is 5.57 Å². The molecule has 0 nitrogen and oxygen atoms in total. The highest BCUT2D eigenvalue weighted by molar-refractivity contribution is 5.24. The van der Waals surface area contributed by atoms with Crippen LogP contribution in [0.1, 0.15) is 13.3 Å². The molecule has 1 fully saturated rings. The number of hydrogen-bond acceptors (Lipinski definition) is 0. The third kappa shape index (κ3) is 0.445. The van der Waals surface area contributed by atoms with E-state index in [0.29, 0.717) is 6.42 Å². The number of allylic oxidation sites excluding steroid dienone is 2. The molecule has 0 spiro atoms. The molecule has 1 aliphatic carbocycles. The van der Waals surface area contributed by atoms with Crippen molar-refractivity contribution in [3.05, 3.63) is 11.6 Å². The van der Waals surface area contributed by atoms with E-state index in [1.807, 2.05) is 13.0 Å². The van der Waals surface area contributed by atoms with Crippen LogP contribution in [0.4, 0.5) is 4.39 Å². The van der Waals surface area contributed by atoms with Gasteiger partial charge in [-0.05, 0) is 12.5 Å². The Balaban J connectivity index is 2.44. The molecular formula is C5H7F. The third-order valence-electron chi connectivity index (χ3n) is 1.03. The molecule has 34 valence electrons. The Bertz CT molecular complexity index is 83.9. The average Bonchev–Trinajstić information content (AvgIpc) is 2.19. The van der Waals surface area contributed by atoms with E-state index in [4.69, 9.17) is 0 Å². The standard InChI is InChI=1S/C5H7F/c1-2-4-3-5(4)6/h2,5H,3H2,1H3. The number of rotatable bonds is 0. The van der Waals surface area contributed by atoms with Crippen LogP contribution in [0.5, 0.6) is 0 Å². The quantitative estimate of drug-likeness (QED) is 0.393. The van der Waals surface area contributed by atoms with Crippen LogP contribution in [0.3, 0.4) is 0 Å². The minimum Gasteiger partial charge on any atom is -0.242 e. The van der Waals surface area contributed by atoms with Crippen molar-refractivity contribution < 1.29 is 4.39 Å². The monoisotopic (exact) mass is 86.1 g/mol. The molecule has 1 saturated carbocycles. The van der Waals surface area contributed by atoms with E-state index in [9.17, 15) is 4.39 Å². The molecule has 1 aliphatic rings. The zero-order valence-corrected chi connectivity index (χ0v) is 3.74. The average molecular weight is 86.1 g/mol. The summed E-state index contributed by atoms with van der Waals surface area (Å²) in [5, 5.41) is 0. The first-order valence-electron chi connectivity index (χ1n) is 2.13. The molecular weight excluding hydrogens is 79.1 g/mol. The largest absolute Gasteiger partial charge is 0.242 e. The fourth-order valence-electron chi connectivity index (χ4n) is 0.447. The molecule has 1 rings (SSSR count). The molecule has 0 aromatic rings. The summed E-state index contributed by atoms with van der Waals surface area (Å²) in [7, 11) is 0. The van der Waals surface area contributed by atoms with Gasteiger partial charge in [0.25, 0.3) is 0 Å². The highest BCUT2D eigenvalue weighted by atomic mass is 19.1. The zero-order chi connectivity index (χ0) is 4.57. The highest BCUT2D eigenvalue weighted by Crippen LogP contribution is 2.31. The summed E-state index contributed by atoms with van der Waals surface area (Å²) in [6.45, 7) is 1.87. The lowest BCUT2D eigenvalue weighted by Crippen LogP contribution is -1.55. The smallest absolute Gasteiger partial charge is 0.125 e. The van der Waals surface area contributed by atoms with E-state index in [1.54, 1.807) is 0 Å². The second kappa shape index (κ2) is 1.07. The lowest BCUT2D eigenvalue weighted by molar-refractivity contribution is 0.495. The van der Waals surface area contributed by atoms with Crippen molar-refractivity contribution in [2.24, 2.45) is 0 Å². The van der Waals surface area contributed by atoms with Gasteiger partial charge in [-0.15, -0.1) is 0 Å². The maximum atomic E-state index is 11.7. The van der Waals surface area contributed by atoms with Gasteiger partial charge < -0.3 is 0 Å². The van der Waals surface area contributed by atoms with Gasteiger partial charge >= 0.3 is 0 Å². The van der Waals surface area contributed by atoms with E-state index in [1.165, 1.54) is 0 Å². The predicted molar refractivity (Wildman–Crippen MR) is 23.3 cm³/mol. The number of alkyl halides is 1. The fourth-order valence-corrected chi connectivity index (χ4v) is 0.447. The van der Waals surface area contributed by atoms with Crippen LogP contribution in [-0.4, -0.2) is 6.17 Å². The molecule has 1 unspecified atom stereocenters. The zero-order valence-electron chi connectivity index (χ0n) is 3.74. The van der Waals surface area contributed by atoms with Gasteiger partial charge in [0.15, 0.2) is 0 Å². The van der Waals surface area contributed by atoms with Crippen LogP contribution in [0.2, 0.25) is 0 Å². The van der Waals surface area contributed by atoms with Crippen molar-refractivity contribution in [2.75, 3.05) is 0 Å². The Kier molecular flexibility index (Phi) is 0.685. The van der Waals surface area contributed by atoms with E-state index >= 15 is 0 Å². The van der Waals surface area contributed by atoms with Crippen LogP contribution >= 0.6 is 0 Å². The normalized spacial score (nSPS) is 37.7. The number of hydrogen-bond donors (Lipinski definition) is 0. The summed E-state index contributed by atoms with van der Waals surface area (Å²) >= 11 is 0. The van der Waals surface area contributed by atoms with Crippen LogP contribution in [-0.2, 0) is 0 Å². The molecule has 6 heavy (non-hydrogen) atoms. The van der Waals surface area contributed by atoms with Gasteiger partial charge in [0.1, 0.15) is 6.17 Å². The summed E-state index contributed by atoms with van der Waals surface area (Å²) in [6, 6.07) is 0. The van der Waals surface area contributed by atoms with Gasteiger partial charge in [-0.2, -0.15) is 0 Å². The second-order valence-electron chi connectivity index (χ2n) is 1.54.